The minimum absolute atomic E-state index is 0.0173. The topological polar surface area (TPSA) is 60.6 Å². The van der Waals surface area contributed by atoms with Gasteiger partial charge < -0.3 is 9.88 Å². The van der Waals surface area contributed by atoms with E-state index >= 15 is 0 Å². The summed E-state index contributed by atoms with van der Waals surface area (Å²) < 4.78 is 0. The smallest absolute Gasteiger partial charge is 0.155 e. The van der Waals surface area contributed by atoms with Gasteiger partial charge in [0.2, 0.25) is 0 Å². The molecule has 0 unspecified atom stereocenters. The maximum absolute atomic E-state index is 4.38. The number of pyridine rings is 1. The molecule has 0 amide bonds. The molecule has 3 heterocycles. The second-order valence-corrected chi connectivity index (χ2v) is 8.00. The highest BCUT2D eigenvalue weighted by atomic mass is 15.1. The Labute approximate surface area is 159 Å². The number of aromatic amines is 2. The Kier molecular flexibility index (Phi) is 4.32. The van der Waals surface area contributed by atoms with Crippen molar-refractivity contribution in [2.24, 2.45) is 0 Å². The van der Waals surface area contributed by atoms with E-state index in [0.29, 0.717) is 0 Å². The zero-order valence-corrected chi connectivity index (χ0v) is 16.2. The first-order valence-electron chi connectivity index (χ1n) is 9.16. The first kappa shape index (κ1) is 17.5. The van der Waals surface area contributed by atoms with E-state index in [0.717, 1.165) is 28.8 Å². The highest BCUT2D eigenvalue weighted by molar-refractivity contribution is 5.93. The second kappa shape index (κ2) is 6.67. The number of H-pyrrole nitrogens is 2. The largest absolute Gasteiger partial charge is 0.361 e. The van der Waals surface area contributed by atoms with Gasteiger partial charge in [0.1, 0.15) is 0 Å². The molecular weight excluding hydrogens is 334 g/mol. The average molecular weight is 359 g/mol. The molecule has 0 aliphatic rings. The number of fused-ring (bicyclic) bond motifs is 1. The number of nitrogens with one attached hydrogen (secondary N) is 2. The molecule has 0 saturated carbocycles. The zero-order valence-electron chi connectivity index (χ0n) is 16.2. The Morgan fingerprint density at radius 2 is 1.89 bits per heavy atom. The van der Waals surface area contributed by atoms with E-state index in [1.165, 1.54) is 16.7 Å². The molecule has 0 aliphatic carbocycles. The van der Waals surface area contributed by atoms with Crippen molar-refractivity contribution in [3.05, 3.63) is 60.6 Å². The number of rotatable bonds is 5. The highest BCUT2D eigenvalue weighted by Crippen LogP contribution is 2.35. The van der Waals surface area contributed by atoms with Crippen LogP contribution in [0.25, 0.3) is 33.4 Å². The van der Waals surface area contributed by atoms with Gasteiger partial charge in [0.15, 0.2) is 5.65 Å². The molecule has 5 nitrogen and oxygen atoms in total. The lowest BCUT2D eigenvalue weighted by atomic mass is 9.81. The molecule has 4 aromatic rings. The summed E-state index contributed by atoms with van der Waals surface area (Å²) >= 11 is 0. The van der Waals surface area contributed by atoms with Crippen molar-refractivity contribution in [1.82, 2.24) is 25.1 Å². The van der Waals surface area contributed by atoms with Gasteiger partial charge in [-0.05, 0) is 66.7 Å². The first-order chi connectivity index (χ1) is 12.9. The molecule has 0 saturated heterocycles. The fourth-order valence-corrected chi connectivity index (χ4v) is 3.82. The molecule has 1 aromatic carbocycles. The Bertz CT molecular complexity index is 1060. The summed E-state index contributed by atoms with van der Waals surface area (Å²) in [7, 11) is 4.24. The fourth-order valence-electron chi connectivity index (χ4n) is 3.82. The summed E-state index contributed by atoms with van der Waals surface area (Å²) in [6.07, 6.45) is 5.65. The number of hydrogen-bond donors (Lipinski definition) is 2. The van der Waals surface area contributed by atoms with Crippen LogP contribution in [0.5, 0.6) is 0 Å². The van der Waals surface area contributed by atoms with Gasteiger partial charge in [0, 0.05) is 35.4 Å². The minimum atomic E-state index is 0.0173. The number of aromatic nitrogens is 4. The number of nitrogens with zero attached hydrogens (tertiary/aromatic N) is 3. The van der Waals surface area contributed by atoms with Crippen molar-refractivity contribution >= 4 is 11.0 Å². The van der Waals surface area contributed by atoms with Crippen molar-refractivity contribution in [2.75, 3.05) is 20.6 Å². The monoisotopic (exact) mass is 359 g/mol. The Morgan fingerprint density at radius 1 is 1.07 bits per heavy atom. The third kappa shape index (κ3) is 3.38. The second-order valence-electron chi connectivity index (χ2n) is 8.00. The van der Waals surface area contributed by atoms with Crippen molar-refractivity contribution in [2.45, 2.75) is 19.3 Å². The molecule has 138 valence electrons. The van der Waals surface area contributed by atoms with Gasteiger partial charge in [0.05, 0.1) is 6.20 Å². The van der Waals surface area contributed by atoms with Gasteiger partial charge in [-0.1, -0.05) is 19.9 Å². The molecule has 0 aliphatic heterocycles. The highest BCUT2D eigenvalue weighted by Gasteiger charge is 2.23. The molecule has 0 spiro atoms. The summed E-state index contributed by atoms with van der Waals surface area (Å²) in [4.78, 5) is 9.96. The Balaban J connectivity index is 1.92. The molecule has 0 bridgehead atoms. The van der Waals surface area contributed by atoms with Crippen LogP contribution < -0.4 is 0 Å². The van der Waals surface area contributed by atoms with E-state index in [1.54, 1.807) is 0 Å². The van der Waals surface area contributed by atoms with Crippen LogP contribution in [-0.2, 0) is 5.41 Å². The number of likely N-dealkylation sites (N-methyl/N-ethyl adjacent to an activating group) is 1. The Morgan fingerprint density at radius 3 is 2.63 bits per heavy atom. The lowest BCUT2D eigenvalue weighted by molar-refractivity contribution is 0.315. The lowest BCUT2D eigenvalue weighted by Gasteiger charge is -2.30. The van der Waals surface area contributed by atoms with Crippen molar-refractivity contribution in [3.63, 3.8) is 0 Å². The normalized spacial score (nSPS) is 12.2. The molecular formula is C22H25N5. The third-order valence-corrected chi connectivity index (χ3v) is 5.00. The molecule has 4 rings (SSSR count). The average Bonchev–Trinajstić information content (AvgIpc) is 3.31. The van der Waals surface area contributed by atoms with Crippen molar-refractivity contribution in [1.29, 1.82) is 0 Å². The Hall–Kier alpha value is -2.92. The molecule has 0 radical (unpaired) electrons. The van der Waals surface area contributed by atoms with Crippen LogP contribution in [0, 0.1) is 0 Å². The van der Waals surface area contributed by atoms with Gasteiger partial charge >= 0.3 is 0 Å². The zero-order chi connectivity index (χ0) is 19.0. The predicted molar refractivity (Wildman–Crippen MR) is 111 cm³/mol. The predicted octanol–water partition coefficient (Wildman–Crippen LogP) is 4.46. The van der Waals surface area contributed by atoms with Gasteiger partial charge in [-0.3, -0.25) is 5.10 Å². The number of benzene rings is 1. The minimum Gasteiger partial charge on any atom is -0.361 e. The van der Waals surface area contributed by atoms with Crippen LogP contribution in [0.4, 0.5) is 0 Å². The maximum Gasteiger partial charge on any atom is 0.155 e. The van der Waals surface area contributed by atoms with Gasteiger partial charge in [-0.15, -0.1) is 0 Å². The van der Waals surface area contributed by atoms with Crippen LogP contribution >= 0.6 is 0 Å². The SMILES string of the molecule is CN(C)CC(C)(C)c1cc(-c2ccc[nH]2)cc(-c2ccnc3[nH]ncc23)c1. The third-order valence-electron chi connectivity index (χ3n) is 5.00. The van der Waals surface area contributed by atoms with E-state index < -0.39 is 0 Å². The molecule has 5 heteroatoms. The summed E-state index contributed by atoms with van der Waals surface area (Å²) in [6.45, 7) is 5.56. The number of hydrogen-bond acceptors (Lipinski definition) is 3. The summed E-state index contributed by atoms with van der Waals surface area (Å²) in [5.41, 5.74) is 6.77. The van der Waals surface area contributed by atoms with E-state index in [9.17, 15) is 0 Å². The van der Waals surface area contributed by atoms with Crippen LogP contribution in [0.1, 0.15) is 19.4 Å². The van der Waals surface area contributed by atoms with Crippen LogP contribution in [0.2, 0.25) is 0 Å². The van der Waals surface area contributed by atoms with Crippen molar-refractivity contribution < 1.29 is 0 Å². The summed E-state index contributed by atoms with van der Waals surface area (Å²) in [6, 6.07) is 13.1. The van der Waals surface area contributed by atoms with E-state index in [-0.39, 0.29) is 5.41 Å². The van der Waals surface area contributed by atoms with Crippen LogP contribution in [0.3, 0.4) is 0 Å². The fraction of sp³-hybridized carbons (Fsp3) is 0.273. The van der Waals surface area contributed by atoms with E-state index in [1.807, 2.05) is 24.7 Å². The quantitative estimate of drug-likeness (QED) is 0.553. The standard InChI is InChI=1S/C22H25N5/c1-22(2,14-27(3)4)17-11-15(10-16(12-17)20-6-5-8-23-20)18-7-9-24-21-19(18)13-25-26-21/h5-13,23H,14H2,1-4H3,(H,24,25,26). The van der Waals surface area contributed by atoms with Gasteiger partial charge in [-0.25, -0.2) is 4.98 Å². The van der Waals surface area contributed by atoms with Gasteiger partial charge in [0.25, 0.3) is 0 Å². The molecule has 0 fully saturated rings. The van der Waals surface area contributed by atoms with Gasteiger partial charge in [-0.2, -0.15) is 5.10 Å². The summed E-state index contributed by atoms with van der Waals surface area (Å²) in [5, 5.41) is 8.18. The molecule has 0 atom stereocenters. The van der Waals surface area contributed by atoms with Crippen molar-refractivity contribution in [3.8, 4) is 22.4 Å². The molecule has 2 N–H and O–H groups in total. The first-order valence-corrected chi connectivity index (χ1v) is 9.16. The lowest BCUT2D eigenvalue weighted by Crippen LogP contribution is -2.32. The summed E-state index contributed by atoms with van der Waals surface area (Å²) in [5.74, 6) is 0. The van der Waals surface area contributed by atoms with E-state index in [2.05, 4.69) is 83.3 Å². The molecule has 3 aromatic heterocycles. The van der Waals surface area contributed by atoms with Crippen LogP contribution in [0.15, 0.2) is 55.0 Å². The van der Waals surface area contributed by atoms with E-state index in [4.69, 9.17) is 0 Å². The van der Waals surface area contributed by atoms with Crippen LogP contribution in [-0.4, -0.2) is 45.7 Å². The molecule has 27 heavy (non-hydrogen) atoms. The maximum atomic E-state index is 4.38.